The van der Waals surface area contributed by atoms with Gasteiger partial charge in [0.25, 0.3) is 0 Å². The highest BCUT2D eigenvalue weighted by molar-refractivity contribution is 5.86. The molecular weight excluding hydrogens is 236 g/mol. The highest BCUT2D eigenvalue weighted by atomic mass is 16.2. The number of rotatable bonds is 1. The second-order valence-corrected chi connectivity index (χ2v) is 6.29. The van der Waals surface area contributed by atoms with Crippen LogP contribution < -0.4 is 5.73 Å². The monoisotopic (exact) mass is 258 g/mol. The number of benzene rings is 1. The first-order valence-corrected chi connectivity index (χ1v) is 7.23. The van der Waals surface area contributed by atoms with Crippen LogP contribution in [0.15, 0.2) is 24.3 Å². The van der Waals surface area contributed by atoms with Crippen molar-refractivity contribution in [2.75, 3.05) is 0 Å². The lowest BCUT2D eigenvalue weighted by Crippen LogP contribution is -2.56. The summed E-state index contributed by atoms with van der Waals surface area (Å²) in [5.41, 5.74) is 8.33. The Morgan fingerprint density at radius 3 is 2.53 bits per heavy atom. The van der Waals surface area contributed by atoms with Gasteiger partial charge in [0.05, 0.1) is 5.54 Å². The van der Waals surface area contributed by atoms with Gasteiger partial charge in [-0.05, 0) is 29.9 Å². The van der Waals surface area contributed by atoms with E-state index in [9.17, 15) is 4.79 Å². The normalized spacial score (nSPS) is 30.2. The zero-order valence-electron chi connectivity index (χ0n) is 11.6. The van der Waals surface area contributed by atoms with E-state index in [1.807, 2.05) is 17.0 Å². The maximum Gasteiger partial charge on any atom is 0.243 e. The van der Waals surface area contributed by atoms with Gasteiger partial charge in [-0.1, -0.05) is 44.0 Å². The molecule has 1 fully saturated rings. The third-order valence-corrected chi connectivity index (χ3v) is 4.59. The van der Waals surface area contributed by atoms with Gasteiger partial charge >= 0.3 is 0 Å². The highest BCUT2D eigenvalue weighted by Gasteiger charge is 2.41. The summed E-state index contributed by atoms with van der Waals surface area (Å²) in [6, 6.07) is 8.28. The third kappa shape index (κ3) is 2.27. The molecule has 1 amide bonds. The lowest BCUT2D eigenvalue weighted by atomic mass is 9.76. The van der Waals surface area contributed by atoms with Crippen LogP contribution in [0.1, 0.15) is 43.7 Å². The summed E-state index contributed by atoms with van der Waals surface area (Å²) in [5, 5.41) is 0. The molecule has 3 nitrogen and oxygen atoms in total. The van der Waals surface area contributed by atoms with Crippen LogP contribution in [0.5, 0.6) is 0 Å². The third-order valence-electron chi connectivity index (χ3n) is 4.59. The van der Waals surface area contributed by atoms with E-state index >= 15 is 0 Å². The molecule has 0 spiro atoms. The molecule has 3 rings (SSSR count). The van der Waals surface area contributed by atoms with Crippen LogP contribution in [0.25, 0.3) is 0 Å². The standard InChI is InChI=1S/C16H22N2O/c1-12-5-4-8-16(17,9-12)15(19)18-10-13-6-2-3-7-14(13)11-18/h2-3,6-7,12H,4-5,8-11,17H2,1H3. The molecular formula is C16H22N2O. The first-order valence-electron chi connectivity index (χ1n) is 7.23. The topological polar surface area (TPSA) is 46.3 Å². The minimum absolute atomic E-state index is 0.148. The molecule has 1 aliphatic carbocycles. The predicted molar refractivity (Wildman–Crippen MR) is 75.2 cm³/mol. The molecule has 0 saturated heterocycles. The van der Waals surface area contributed by atoms with Gasteiger partial charge in [-0.25, -0.2) is 0 Å². The molecule has 1 aliphatic heterocycles. The number of fused-ring (bicyclic) bond motifs is 1. The zero-order valence-corrected chi connectivity index (χ0v) is 11.6. The van der Waals surface area contributed by atoms with Crippen molar-refractivity contribution in [2.24, 2.45) is 11.7 Å². The fourth-order valence-electron chi connectivity index (χ4n) is 3.58. The molecule has 0 bridgehead atoms. The molecule has 3 heteroatoms. The lowest BCUT2D eigenvalue weighted by Gasteiger charge is -2.38. The van der Waals surface area contributed by atoms with Crippen LogP contribution in [0.2, 0.25) is 0 Å². The summed E-state index contributed by atoms with van der Waals surface area (Å²) >= 11 is 0. The Bertz CT molecular complexity index is 474. The Labute approximate surface area is 114 Å². The number of nitrogens with two attached hydrogens (primary N) is 1. The van der Waals surface area contributed by atoms with Crippen molar-refractivity contribution in [1.29, 1.82) is 0 Å². The van der Waals surface area contributed by atoms with Crippen LogP contribution in [0.3, 0.4) is 0 Å². The molecule has 2 unspecified atom stereocenters. The molecule has 1 heterocycles. The average Bonchev–Trinajstić information content (AvgIpc) is 2.81. The van der Waals surface area contributed by atoms with Gasteiger partial charge in [0.15, 0.2) is 0 Å². The Morgan fingerprint density at radius 2 is 1.95 bits per heavy atom. The van der Waals surface area contributed by atoms with E-state index in [2.05, 4.69) is 19.1 Å². The molecule has 0 radical (unpaired) electrons. The van der Waals surface area contributed by atoms with Crippen LogP contribution in [-0.2, 0) is 17.9 Å². The fraction of sp³-hybridized carbons (Fsp3) is 0.562. The van der Waals surface area contributed by atoms with E-state index in [1.165, 1.54) is 17.5 Å². The molecule has 2 aliphatic rings. The molecule has 1 aromatic rings. The van der Waals surface area contributed by atoms with Gasteiger partial charge in [0, 0.05) is 13.1 Å². The molecule has 1 aromatic carbocycles. The first-order chi connectivity index (χ1) is 9.08. The van der Waals surface area contributed by atoms with Crippen molar-refractivity contribution >= 4 is 5.91 Å². The lowest BCUT2D eigenvalue weighted by molar-refractivity contribution is -0.139. The molecule has 2 N–H and O–H groups in total. The molecule has 2 atom stereocenters. The van der Waals surface area contributed by atoms with Crippen LogP contribution in [0, 0.1) is 5.92 Å². The second-order valence-electron chi connectivity index (χ2n) is 6.29. The Kier molecular flexibility index (Phi) is 3.09. The largest absolute Gasteiger partial charge is 0.332 e. The average molecular weight is 258 g/mol. The van der Waals surface area contributed by atoms with Crippen molar-refractivity contribution < 1.29 is 4.79 Å². The maximum absolute atomic E-state index is 12.7. The van der Waals surface area contributed by atoms with Crippen molar-refractivity contribution in [3.63, 3.8) is 0 Å². The summed E-state index contributed by atoms with van der Waals surface area (Å²) in [7, 11) is 0. The highest BCUT2D eigenvalue weighted by Crippen LogP contribution is 2.34. The van der Waals surface area contributed by atoms with Crippen molar-refractivity contribution in [1.82, 2.24) is 4.90 Å². The van der Waals surface area contributed by atoms with Crippen LogP contribution in [-0.4, -0.2) is 16.3 Å². The quantitative estimate of drug-likeness (QED) is 0.841. The van der Waals surface area contributed by atoms with E-state index in [0.29, 0.717) is 5.92 Å². The van der Waals surface area contributed by atoms with Gasteiger partial charge in [-0.2, -0.15) is 0 Å². The maximum atomic E-state index is 12.7. The van der Waals surface area contributed by atoms with E-state index in [4.69, 9.17) is 5.73 Å². The molecule has 1 saturated carbocycles. The SMILES string of the molecule is CC1CCCC(N)(C(=O)N2Cc3ccccc3C2)C1. The second kappa shape index (κ2) is 4.64. The van der Waals surface area contributed by atoms with Gasteiger partial charge < -0.3 is 10.6 Å². The fourth-order valence-corrected chi connectivity index (χ4v) is 3.58. The number of carbonyl (C=O) groups is 1. The predicted octanol–water partition coefficient (Wildman–Crippen LogP) is 2.44. The Morgan fingerprint density at radius 1 is 1.32 bits per heavy atom. The van der Waals surface area contributed by atoms with Crippen molar-refractivity contribution in [3.05, 3.63) is 35.4 Å². The van der Waals surface area contributed by atoms with Gasteiger partial charge in [-0.15, -0.1) is 0 Å². The molecule has 102 valence electrons. The van der Waals surface area contributed by atoms with Crippen LogP contribution >= 0.6 is 0 Å². The first kappa shape index (κ1) is 12.7. The van der Waals surface area contributed by atoms with E-state index < -0.39 is 5.54 Å². The molecule has 19 heavy (non-hydrogen) atoms. The van der Waals surface area contributed by atoms with Gasteiger partial charge in [0.2, 0.25) is 5.91 Å². The van der Waals surface area contributed by atoms with Gasteiger partial charge in [-0.3, -0.25) is 4.79 Å². The van der Waals surface area contributed by atoms with Crippen LogP contribution in [0.4, 0.5) is 0 Å². The minimum Gasteiger partial charge on any atom is -0.332 e. The Balaban J connectivity index is 1.76. The van der Waals surface area contributed by atoms with E-state index in [1.54, 1.807) is 0 Å². The number of hydrogen-bond donors (Lipinski definition) is 1. The smallest absolute Gasteiger partial charge is 0.243 e. The van der Waals surface area contributed by atoms with Gasteiger partial charge in [0.1, 0.15) is 0 Å². The summed E-state index contributed by atoms with van der Waals surface area (Å²) in [5.74, 6) is 0.711. The number of amides is 1. The number of nitrogens with zero attached hydrogens (tertiary/aromatic N) is 1. The van der Waals surface area contributed by atoms with Crippen molar-refractivity contribution in [3.8, 4) is 0 Å². The summed E-state index contributed by atoms with van der Waals surface area (Å²) in [4.78, 5) is 14.7. The number of hydrogen-bond acceptors (Lipinski definition) is 2. The number of carbonyl (C=O) groups excluding carboxylic acids is 1. The Hall–Kier alpha value is -1.35. The summed E-state index contributed by atoms with van der Waals surface area (Å²) in [6.07, 6.45) is 3.94. The minimum atomic E-state index is -0.625. The molecule has 0 aromatic heterocycles. The van der Waals surface area contributed by atoms with E-state index in [0.717, 1.165) is 32.4 Å². The summed E-state index contributed by atoms with van der Waals surface area (Å²) < 4.78 is 0. The van der Waals surface area contributed by atoms with Crippen molar-refractivity contribution in [2.45, 2.75) is 51.2 Å². The zero-order chi connectivity index (χ0) is 13.5. The summed E-state index contributed by atoms with van der Waals surface area (Å²) in [6.45, 7) is 3.65. The van der Waals surface area contributed by atoms with E-state index in [-0.39, 0.29) is 5.91 Å².